The van der Waals surface area contributed by atoms with Gasteiger partial charge < -0.3 is 5.32 Å². The Hall–Kier alpha value is -0.610. The van der Waals surface area contributed by atoms with Crippen LogP contribution in [0.25, 0.3) is 0 Å². The van der Waals surface area contributed by atoms with Gasteiger partial charge >= 0.3 is 0 Å². The maximum absolute atomic E-state index is 11.8. The largest absolute Gasteiger partial charge is 0.354 e. The van der Waals surface area contributed by atoms with Gasteiger partial charge in [-0.1, -0.05) is 12.8 Å². The van der Waals surface area contributed by atoms with Crippen LogP contribution in [0.5, 0.6) is 0 Å². The number of hydrogen-bond donors (Lipinski definition) is 3. The molecule has 2 aliphatic heterocycles. The molecule has 2 heterocycles. The van der Waals surface area contributed by atoms with Gasteiger partial charge in [-0.3, -0.25) is 10.2 Å². The van der Waals surface area contributed by atoms with Crippen LogP contribution in [0.4, 0.5) is 0 Å². The molecule has 13 heavy (non-hydrogen) atoms. The van der Waals surface area contributed by atoms with Crippen molar-refractivity contribution in [1.29, 1.82) is 0 Å². The lowest BCUT2D eigenvalue weighted by Gasteiger charge is -2.29. The summed E-state index contributed by atoms with van der Waals surface area (Å²) in [6.45, 7) is 1.73. The number of hydrazine groups is 1. The van der Waals surface area contributed by atoms with Crippen molar-refractivity contribution in [3.8, 4) is 0 Å². The maximum Gasteiger partial charge on any atom is 0.241 e. The molecule has 1 unspecified atom stereocenters. The number of carbonyl (C=O) groups excluding carboxylic acids is 1. The Kier molecular flexibility index (Phi) is 2.51. The van der Waals surface area contributed by atoms with E-state index in [1.807, 2.05) is 0 Å². The molecule has 0 radical (unpaired) electrons. The average Bonchev–Trinajstić information content (AvgIpc) is 2.58. The van der Waals surface area contributed by atoms with Gasteiger partial charge in [-0.05, 0) is 19.3 Å². The van der Waals surface area contributed by atoms with Crippen LogP contribution >= 0.6 is 0 Å². The first-order valence-corrected chi connectivity index (χ1v) is 5.12. The zero-order chi connectivity index (χ0) is 9.15. The van der Waals surface area contributed by atoms with E-state index in [4.69, 9.17) is 0 Å². The second-order valence-electron chi connectivity index (χ2n) is 3.95. The number of carbonyl (C=O) groups is 1. The fourth-order valence-electron chi connectivity index (χ4n) is 2.14. The Balaban J connectivity index is 2.07. The molecule has 2 aliphatic rings. The number of rotatable bonds is 0. The van der Waals surface area contributed by atoms with E-state index in [-0.39, 0.29) is 11.4 Å². The van der Waals surface area contributed by atoms with E-state index in [1.54, 1.807) is 0 Å². The molecule has 0 aromatic carbocycles. The highest BCUT2D eigenvalue weighted by Crippen LogP contribution is 2.23. The quantitative estimate of drug-likeness (QED) is 0.492. The first-order valence-electron chi connectivity index (χ1n) is 5.12. The van der Waals surface area contributed by atoms with Gasteiger partial charge in [0.05, 0.1) is 0 Å². The highest BCUT2D eigenvalue weighted by molar-refractivity contribution is 5.86. The lowest BCUT2D eigenvalue weighted by atomic mass is 9.88. The minimum Gasteiger partial charge on any atom is -0.354 e. The molecule has 2 fully saturated rings. The molecule has 0 aromatic heterocycles. The molecule has 1 atom stereocenters. The van der Waals surface area contributed by atoms with E-state index >= 15 is 0 Å². The Morgan fingerprint density at radius 2 is 2.00 bits per heavy atom. The van der Waals surface area contributed by atoms with Crippen molar-refractivity contribution in [2.24, 2.45) is 0 Å². The van der Waals surface area contributed by atoms with Crippen LogP contribution < -0.4 is 16.2 Å². The molecule has 0 bridgehead atoms. The van der Waals surface area contributed by atoms with E-state index in [9.17, 15) is 4.79 Å². The van der Waals surface area contributed by atoms with E-state index < -0.39 is 0 Å². The summed E-state index contributed by atoms with van der Waals surface area (Å²) >= 11 is 0. The van der Waals surface area contributed by atoms with Crippen molar-refractivity contribution >= 4 is 5.91 Å². The van der Waals surface area contributed by atoms with Crippen molar-refractivity contribution in [3.63, 3.8) is 0 Å². The predicted octanol–water partition coefficient (Wildman–Crippen LogP) is -0.0867. The van der Waals surface area contributed by atoms with Crippen molar-refractivity contribution in [2.45, 2.75) is 37.6 Å². The van der Waals surface area contributed by atoms with Gasteiger partial charge in [0.1, 0.15) is 5.54 Å². The SMILES string of the molecule is O=C1NCCCCCC12CCNN2. The lowest BCUT2D eigenvalue weighted by molar-refractivity contribution is -0.128. The molecule has 0 aromatic rings. The third-order valence-electron chi connectivity index (χ3n) is 3.00. The zero-order valence-electron chi connectivity index (χ0n) is 7.86. The lowest BCUT2D eigenvalue weighted by Crippen LogP contribution is -2.56. The molecule has 2 saturated heterocycles. The summed E-state index contributed by atoms with van der Waals surface area (Å²) in [6.07, 6.45) is 5.38. The van der Waals surface area contributed by atoms with Gasteiger partial charge in [0.2, 0.25) is 5.91 Å². The predicted molar refractivity (Wildman–Crippen MR) is 50.0 cm³/mol. The van der Waals surface area contributed by atoms with E-state index in [0.29, 0.717) is 0 Å². The van der Waals surface area contributed by atoms with Gasteiger partial charge in [-0.2, -0.15) is 0 Å². The highest BCUT2D eigenvalue weighted by atomic mass is 16.2. The Labute approximate surface area is 78.4 Å². The Bertz CT molecular complexity index is 199. The topological polar surface area (TPSA) is 53.2 Å². The molecule has 0 aliphatic carbocycles. The van der Waals surface area contributed by atoms with Crippen molar-refractivity contribution in [1.82, 2.24) is 16.2 Å². The first kappa shape index (κ1) is 8.97. The molecular formula is C9H17N3O. The smallest absolute Gasteiger partial charge is 0.241 e. The summed E-state index contributed by atoms with van der Waals surface area (Å²) in [5.41, 5.74) is 5.87. The molecule has 1 amide bonds. The minimum atomic E-state index is -0.305. The van der Waals surface area contributed by atoms with E-state index in [0.717, 1.165) is 38.8 Å². The molecule has 0 saturated carbocycles. The van der Waals surface area contributed by atoms with Gasteiger partial charge in [0.15, 0.2) is 0 Å². The van der Waals surface area contributed by atoms with Crippen LogP contribution in [0, 0.1) is 0 Å². The van der Waals surface area contributed by atoms with Crippen LogP contribution in [-0.2, 0) is 4.79 Å². The molecule has 4 heteroatoms. The van der Waals surface area contributed by atoms with E-state index in [2.05, 4.69) is 16.2 Å². The molecular weight excluding hydrogens is 166 g/mol. The van der Waals surface area contributed by atoms with Crippen molar-refractivity contribution in [2.75, 3.05) is 13.1 Å². The summed E-state index contributed by atoms with van der Waals surface area (Å²) in [5.74, 6) is 0.178. The van der Waals surface area contributed by atoms with Gasteiger partial charge in [0, 0.05) is 13.1 Å². The van der Waals surface area contributed by atoms with Gasteiger partial charge in [0.25, 0.3) is 0 Å². The number of hydrogen-bond acceptors (Lipinski definition) is 3. The first-order chi connectivity index (χ1) is 6.33. The third kappa shape index (κ3) is 1.69. The fourth-order valence-corrected chi connectivity index (χ4v) is 2.14. The van der Waals surface area contributed by atoms with Gasteiger partial charge in [-0.15, -0.1) is 0 Å². The van der Waals surface area contributed by atoms with Crippen LogP contribution in [0.3, 0.4) is 0 Å². The van der Waals surface area contributed by atoms with Crippen LogP contribution in [-0.4, -0.2) is 24.5 Å². The van der Waals surface area contributed by atoms with Crippen molar-refractivity contribution in [3.05, 3.63) is 0 Å². The van der Waals surface area contributed by atoms with Crippen molar-refractivity contribution < 1.29 is 4.79 Å². The Morgan fingerprint density at radius 1 is 1.08 bits per heavy atom. The van der Waals surface area contributed by atoms with Crippen LogP contribution in [0.15, 0.2) is 0 Å². The summed E-state index contributed by atoms with van der Waals surface area (Å²) in [7, 11) is 0. The normalized spacial score (nSPS) is 35.5. The summed E-state index contributed by atoms with van der Waals surface area (Å²) < 4.78 is 0. The standard InChI is InChI=1S/C9H17N3O/c13-8-9(5-7-11-12-9)4-2-1-3-6-10-8/h11-12H,1-7H2,(H,10,13). The molecule has 74 valence electrons. The third-order valence-corrected chi connectivity index (χ3v) is 3.00. The number of nitrogens with one attached hydrogen (secondary N) is 3. The second kappa shape index (κ2) is 3.64. The average molecular weight is 183 g/mol. The van der Waals surface area contributed by atoms with Crippen LogP contribution in [0.1, 0.15) is 32.1 Å². The number of amides is 1. The Morgan fingerprint density at radius 3 is 2.77 bits per heavy atom. The van der Waals surface area contributed by atoms with E-state index in [1.165, 1.54) is 6.42 Å². The monoisotopic (exact) mass is 183 g/mol. The summed E-state index contributed by atoms with van der Waals surface area (Å²) in [4.78, 5) is 11.8. The fraction of sp³-hybridized carbons (Fsp3) is 0.889. The molecule has 3 N–H and O–H groups in total. The van der Waals surface area contributed by atoms with Crippen LogP contribution in [0.2, 0.25) is 0 Å². The minimum absolute atomic E-state index is 0.178. The second-order valence-corrected chi connectivity index (χ2v) is 3.95. The molecule has 4 nitrogen and oxygen atoms in total. The highest BCUT2D eigenvalue weighted by Gasteiger charge is 2.40. The summed E-state index contributed by atoms with van der Waals surface area (Å²) in [5, 5.41) is 2.98. The van der Waals surface area contributed by atoms with Gasteiger partial charge in [-0.25, -0.2) is 5.43 Å². The zero-order valence-corrected chi connectivity index (χ0v) is 7.86. The summed E-state index contributed by atoms with van der Waals surface area (Å²) in [6, 6.07) is 0. The molecule has 2 rings (SSSR count). The molecule has 1 spiro atoms. The maximum atomic E-state index is 11.8.